The fourth-order valence-electron chi connectivity index (χ4n) is 2.73. The Balaban J connectivity index is 1.75. The van der Waals surface area contributed by atoms with Crippen molar-refractivity contribution in [3.05, 3.63) is 63.9 Å². The molecular formula is C17H15Cl2NO2. The van der Waals surface area contributed by atoms with Gasteiger partial charge in [0, 0.05) is 0 Å². The lowest BCUT2D eigenvalue weighted by atomic mass is 9.64. The third kappa shape index (κ3) is 2.83. The molecule has 1 heterocycles. The largest absolute Gasteiger partial charge is 0.458 e. The maximum absolute atomic E-state index is 12.6. The molecule has 0 aliphatic heterocycles. The van der Waals surface area contributed by atoms with E-state index in [1.807, 2.05) is 30.3 Å². The second-order valence-electron chi connectivity index (χ2n) is 5.44. The predicted molar refractivity (Wildman–Crippen MR) is 86.0 cm³/mol. The summed E-state index contributed by atoms with van der Waals surface area (Å²) in [5, 5.41) is 0.774. The third-order valence-electron chi connectivity index (χ3n) is 4.15. The summed E-state index contributed by atoms with van der Waals surface area (Å²) >= 11 is 11.9. The van der Waals surface area contributed by atoms with E-state index in [1.165, 1.54) is 0 Å². The van der Waals surface area contributed by atoms with Crippen molar-refractivity contribution in [1.29, 1.82) is 0 Å². The highest BCUT2D eigenvalue weighted by molar-refractivity contribution is 6.32. The average molecular weight is 336 g/mol. The molecule has 0 N–H and O–H groups in total. The molecule has 0 atom stereocenters. The van der Waals surface area contributed by atoms with Crippen molar-refractivity contribution >= 4 is 29.2 Å². The zero-order valence-electron chi connectivity index (χ0n) is 11.9. The van der Waals surface area contributed by atoms with Crippen LogP contribution in [0, 0.1) is 0 Å². The summed E-state index contributed by atoms with van der Waals surface area (Å²) < 4.78 is 5.48. The van der Waals surface area contributed by atoms with Crippen molar-refractivity contribution in [3.8, 4) is 0 Å². The van der Waals surface area contributed by atoms with Crippen LogP contribution in [0.25, 0.3) is 0 Å². The first-order chi connectivity index (χ1) is 10.6. The number of benzene rings is 1. The van der Waals surface area contributed by atoms with Gasteiger partial charge in [0.25, 0.3) is 0 Å². The Morgan fingerprint density at radius 3 is 2.50 bits per heavy atom. The van der Waals surface area contributed by atoms with Gasteiger partial charge < -0.3 is 4.74 Å². The predicted octanol–water partition coefficient (Wildman–Crippen LogP) is 4.55. The molecule has 1 aromatic heterocycles. The van der Waals surface area contributed by atoms with Gasteiger partial charge in [-0.2, -0.15) is 0 Å². The number of nitrogens with zero attached hydrogens (tertiary/aromatic N) is 1. The van der Waals surface area contributed by atoms with Crippen LogP contribution in [0.2, 0.25) is 10.2 Å². The molecule has 1 aromatic carbocycles. The zero-order chi connectivity index (χ0) is 15.6. The Morgan fingerprint density at radius 1 is 1.14 bits per heavy atom. The van der Waals surface area contributed by atoms with Crippen LogP contribution in [0.4, 0.5) is 0 Å². The van der Waals surface area contributed by atoms with Crippen molar-refractivity contribution in [2.24, 2.45) is 0 Å². The van der Waals surface area contributed by atoms with E-state index in [2.05, 4.69) is 4.98 Å². The number of aromatic nitrogens is 1. The lowest BCUT2D eigenvalue weighted by molar-refractivity contribution is -0.156. The highest BCUT2D eigenvalue weighted by Crippen LogP contribution is 2.44. The third-order valence-corrected chi connectivity index (χ3v) is 4.70. The van der Waals surface area contributed by atoms with Gasteiger partial charge >= 0.3 is 5.97 Å². The molecule has 22 heavy (non-hydrogen) atoms. The van der Waals surface area contributed by atoms with Crippen molar-refractivity contribution in [1.82, 2.24) is 4.98 Å². The van der Waals surface area contributed by atoms with Crippen LogP contribution in [0.5, 0.6) is 0 Å². The molecule has 0 spiro atoms. The highest BCUT2D eigenvalue weighted by atomic mass is 35.5. The number of hydrogen-bond acceptors (Lipinski definition) is 3. The quantitative estimate of drug-likeness (QED) is 0.607. The Kier molecular flexibility index (Phi) is 4.37. The van der Waals surface area contributed by atoms with Crippen LogP contribution in [-0.2, 0) is 21.6 Å². The average Bonchev–Trinajstić information content (AvgIpc) is 2.48. The van der Waals surface area contributed by atoms with Gasteiger partial charge in [-0.3, -0.25) is 4.79 Å². The van der Waals surface area contributed by atoms with Gasteiger partial charge in [-0.15, -0.1) is 0 Å². The van der Waals surface area contributed by atoms with Crippen LogP contribution in [0.3, 0.4) is 0 Å². The lowest BCUT2D eigenvalue weighted by Crippen LogP contribution is -2.43. The number of carbonyl (C=O) groups is 1. The van der Waals surface area contributed by atoms with Gasteiger partial charge in [0.1, 0.15) is 11.8 Å². The standard InChI is InChI=1S/C17H15Cl2NO2/c18-13-7-8-15(19)20-14(13)11-22-16(21)17(9-4-10-17)12-5-2-1-3-6-12/h1-3,5-8H,4,9-11H2. The topological polar surface area (TPSA) is 39.2 Å². The van der Waals surface area contributed by atoms with Crippen LogP contribution >= 0.6 is 23.2 Å². The van der Waals surface area contributed by atoms with Crippen molar-refractivity contribution < 1.29 is 9.53 Å². The first-order valence-electron chi connectivity index (χ1n) is 7.15. The molecule has 5 heteroatoms. The summed E-state index contributed by atoms with van der Waals surface area (Å²) in [6, 6.07) is 13.0. The summed E-state index contributed by atoms with van der Waals surface area (Å²) in [4.78, 5) is 16.7. The first kappa shape index (κ1) is 15.3. The van der Waals surface area contributed by atoms with Gasteiger partial charge in [-0.1, -0.05) is 60.0 Å². The molecule has 1 aliphatic carbocycles. The zero-order valence-corrected chi connectivity index (χ0v) is 13.4. The van der Waals surface area contributed by atoms with E-state index in [-0.39, 0.29) is 12.6 Å². The number of halogens is 2. The van der Waals surface area contributed by atoms with Gasteiger partial charge in [-0.05, 0) is 30.5 Å². The molecule has 0 radical (unpaired) electrons. The monoisotopic (exact) mass is 335 g/mol. The molecule has 1 aliphatic rings. The summed E-state index contributed by atoms with van der Waals surface area (Å²) in [5.74, 6) is -0.220. The molecule has 0 unspecified atom stereocenters. The van der Waals surface area contributed by atoms with Gasteiger partial charge in [-0.25, -0.2) is 4.98 Å². The molecule has 0 bridgehead atoms. The van der Waals surface area contributed by atoms with E-state index >= 15 is 0 Å². The van der Waals surface area contributed by atoms with Gasteiger partial charge in [0.05, 0.1) is 16.1 Å². The smallest absolute Gasteiger partial charge is 0.316 e. The van der Waals surface area contributed by atoms with E-state index in [0.29, 0.717) is 15.9 Å². The fraction of sp³-hybridized carbons (Fsp3) is 0.294. The number of rotatable bonds is 4. The van der Waals surface area contributed by atoms with Crippen molar-refractivity contribution in [2.75, 3.05) is 0 Å². The summed E-state index contributed by atoms with van der Waals surface area (Å²) in [6.45, 7) is 0.0345. The highest BCUT2D eigenvalue weighted by Gasteiger charge is 2.47. The molecule has 3 nitrogen and oxygen atoms in total. The van der Waals surface area contributed by atoms with Crippen LogP contribution < -0.4 is 0 Å². The molecule has 1 saturated carbocycles. The van der Waals surface area contributed by atoms with E-state index in [9.17, 15) is 4.79 Å². The molecule has 0 amide bonds. The maximum atomic E-state index is 12.6. The van der Waals surface area contributed by atoms with E-state index < -0.39 is 5.41 Å². The minimum Gasteiger partial charge on any atom is -0.458 e. The number of ether oxygens (including phenoxy) is 1. The summed E-state index contributed by atoms with van der Waals surface area (Å²) in [7, 11) is 0. The molecule has 0 saturated heterocycles. The minimum absolute atomic E-state index is 0.0345. The van der Waals surface area contributed by atoms with Crippen LogP contribution in [0.15, 0.2) is 42.5 Å². The van der Waals surface area contributed by atoms with Crippen LogP contribution in [-0.4, -0.2) is 11.0 Å². The lowest BCUT2D eigenvalue weighted by Gasteiger charge is -2.39. The van der Waals surface area contributed by atoms with Gasteiger partial charge in [0.2, 0.25) is 0 Å². The fourth-order valence-corrected chi connectivity index (χ4v) is 3.05. The second-order valence-corrected chi connectivity index (χ2v) is 6.23. The number of carbonyl (C=O) groups excluding carboxylic acids is 1. The minimum atomic E-state index is -0.522. The Morgan fingerprint density at radius 2 is 1.86 bits per heavy atom. The SMILES string of the molecule is O=C(OCc1nc(Cl)ccc1Cl)C1(c2ccccc2)CCC1. The van der Waals surface area contributed by atoms with E-state index in [0.717, 1.165) is 24.8 Å². The normalized spacial score (nSPS) is 15.9. The number of hydrogen-bond donors (Lipinski definition) is 0. The molecule has 114 valence electrons. The van der Waals surface area contributed by atoms with Gasteiger partial charge in [0.15, 0.2) is 0 Å². The molecular weight excluding hydrogens is 321 g/mol. The Labute approximate surface area is 139 Å². The number of pyridine rings is 1. The summed E-state index contributed by atoms with van der Waals surface area (Å²) in [5.41, 5.74) is 0.966. The van der Waals surface area contributed by atoms with E-state index in [1.54, 1.807) is 12.1 Å². The maximum Gasteiger partial charge on any atom is 0.316 e. The molecule has 2 aromatic rings. The Hall–Kier alpha value is -1.58. The number of esters is 1. The van der Waals surface area contributed by atoms with Crippen molar-refractivity contribution in [2.45, 2.75) is 31.3 Å². The first-order valence-corrected chi connectivity index (χ1v) is 7.91. The van der Waals surface area contributed by atoms with Crippen molar-refractivity contribution in [3.63, 3.8) is 0 Å². The second kappa shape index (κ2) is 6.27. The van der Waals surface area contributed by atoms with E-state index in [4.69, 9.17) is 27.9 Å². The Bertz CT molecular complexity index is 684. The van der Waals surface area contributed by atoms with Crippen LogP contribution in [0.1, 0.15) is 30.5 Å². The summed E-state index contributed by atoms with van der Waals surface area (Å²) in [6.07, 6.45) is 2.65. The molecule has 1 fully saturated rings. The molecule has 3 rings (SSSR count).